The highest BCUT2D eigenvalue weighted by Gasteiger charge is 2.06. The summed E-state index contributed by atoms with van der Waals surface area (Å²) in [5.41, 5.74) is 1.40. The molecule has 0 bridgehead atoms. The Morgan fingerprint density at radius 3 is 2.56 bits per heavy atom. The van der Waals surface area contributed by atoms with Crippen LogP contribution in [0.1, 0.15) is 25.8 Å². The number of amides is 1. The largest absolute Gasteiger partial charge is 0.493 e. The van der Waals surface area contributed by atoms with E-state index in [-0.39, 0.29) is 5.91 Å². The Kier molecular flexibility index (Phi) is 8.01. The Morgan fingerprint density at radius 1 is 1.11 bits per heavy atom. The fourth-order valence-corrected chi connectivity index (χ4v) is 2.54. The maximum atomic E-state index is 12.1. The van der Waals surface area contributed by atoms with E-state index in [1.54, 1.807) is 31.4 Å². The summed E-state index contributed by atoms with van der Waals surface area (Å²) < 4.78 is 11.2. The van der Waals surface area contributed by atoms with E-state index in [2.05, 4.69) is 19.2 Å². The van der Waals surface area contributed by atoms with Gasteiger partial charge in [-0.1, -0.05) is 43.1 Å². The number of nitrogens with one attached hydrogen (secondary N) is 1. The van der Waals surface area contributed by atoms with Crippen molar-refractivity contribution in [3.05, 3.63) is 58.1 Å². The van der Waals surface area contributed by atoms with Crippen LogP contribution < -0.4 is 14.8 Å². The summed E-state index contributed by atoms with van der Waals surface area (Å²) in [6, 6.07) is 10.5. The number of benzene rings is 2. The number of hydrogen-bond donors (Lipinski definition) is 1. The molecule has 0 unspecified atom stereocenters. The molecule has 2 aromatic carbocycles. The second-order valence-corrected chi connectivity index (χ2v) is 7.21. The van der Waals surface area contributed by atoms with E-state index in [1.165, 1.54) is 6.08 Å². The lowest BCUT2D eigenvalue weighted by Gasteiger charge is -2.12. The summed E-state index contributed by atoms with van der Waals surface area (Å²) in [7, 11) is 1.59. The third kappa shape index (κ3) is 6.81. The van der Waals surface area contributed by atoms with Gasteiger partial charge in [0, 0.05) is 11.8 Å². The first-order valence-electron chi connectivity index (χ1n) is 8.64. The van der Waals surface area contributed by atoms with Crippen LogP contribution in [0, 0.1) is 5.92 Å². The lowest BCUT2D eigenvalue weighted by Crippen LogP contribution is -2.07. The van der Waals surface area contributed by atoms with E-state index in [1.807, 2.05) is 18.2 Å². The van der Waals surface area contributed by atoms with Gasteiger partial charge in [0.25, 0.3) is 0 Å². The van der Waals surface area contributed by atoms with Gasteiger partial charge in [0.1, 0.15) is 0 Å². The molecule has 0 aliphatic carbocycles. The average molecular weight is 408 g/mol. The van der Waals surface area contributed by atoms with Gasteiger partial charge in [0.05, 0.1) is 23.8 Å². The quantitative estimate of drug-likeness (QED) is 0.539. The fourth-order valence-electron chi connectivity index (χ4n) is 2.24. The first-order valence-corrected chi connectivity index (χ1v) is 9.39. The maximum absolute atomic E-state index is 12.1. The van der Waals surface area contributed by atoms with Crippen molar-refractivity contribution in [3.63, 3.8) is 0 Å². The molecule has 27 heavy (non-hydrogen) atoms. The molecule has 0 aliphatic rings. The van der Waals surface area contributed by atoms with Crippen LogP contribution in [0.2, 0.25) is 10.0 Å². The van der Waals surface area contributed by atoms with Crippen molar-refractivity contribution >= 4 is 40.9 Å². The van der Waals surface area contributed by atoms with Crippen LogP contribution in [0.3, 0.4) is 0 Å². The number of hydrogen-bond acceptors (Lipinski definition) is 3. The monoisotopic (exact) mass is 407 g/mol. The van der Waals surface area contributed by atoms with E-state index < -0.39 is 0 Å². The summed E-state index contributed by atoms with van der Waals surface area (Å²) in [6.45, 7) is 4.93. The first kappa shape index (κ1) is 21.1. The Morgan fingerprint density at radius 2 is 1.89 bits per heavy atom. The molecule has 0 saturated heterocycles. The third-order valence-corrected chi connectivity index (χ3v) is 4.49. The van der Waals surface area contributed by atoms with E-state index in [0.717, 1.165) is 12.0 Å². The van der Waals surface area contributed by atoms with Gasteiger partial charge < -0.3 is 14.8 Å². The molecule has 0 heterocycles. The summed E-state index contributed by atoms with van der Waals surface area (Å²) in [5.74, 6) is 1.62. The molecule has 0 atom stereocenters. The summed E-state index contributed by atoms with van der Waals surface area (Å²) in [4.78, 5) is 12.1. The number of methoxy groups -OCH3 is 1. The number of ether oxygens (including phenoxy) is 2. The molecule has 0 saturated carbocycles. The molecule has 144 valence electrons. The van der Waals surface area contributed by atoms with Gasteiger partial charge in [-0.2, -0.15) is 0 Å². The number of rotatable bonds is 8. The molecular weight excluding hydrogens is 385 g/mol. The minimum atomic E-state index is -0.274. The molecule has 1 N–H and O–H groups in total. The lowest BCUT2D eigenvalue weighted by atomic mass is 10.1. The van der Waals surface area contributed by atoms with Gasteiger partial charge in [-0.05, 0) is 54.3 Å². The molecule has 0 aliphatic heterocycles. The van der Waals surface area contributed by atoms with Crippen LogP contribution in [-0.2, 0) is 4.79 Å². The van der Waals surface area contributed by atoms with Crippen LogP contribution in [0.5, 0.6) is 11.5 Å². The highest BCUT2D eigenvalue weighted by molar-refractivity contribution is 6.42. The van der Waals surface area contributed by atoms with Crippen LogP contribution in [0.4, 0.5) is 5.69 Å². The predicted molar refractivity (Wildman–Crippen MR) is 112 cm³/mol. The third-order valence-electron chi connectivity index (χ3n) is 3.75. The van der Waals surface area contributed by atoms with E-state index in [9.17, 15) is 4.79 Å². The van der Waals surface area contributed by atoms with Gasteiger partial charge >= 0.3 is 0 Å². The molecule has 1 amide bonds. The van der Waals surface area contributed by atoms with Gasteiger partial charge in [-0.3, -0.25) is 4.79 Å². The van der Waals surface area contributed by atoms with Gasteiger partial charge in [-0.25, -0.2) is 0 Å². The highest BCUT2D eigenvalue weighted by atomic mass is 35.5. The first-order chi connectivity index (χ1) is 12.9. The number of carbonyl (C=O) groups is 1. The summed E-state index contributed by atoms with van der Waals surface area (Å²) >= 11 is 11.8. The predicted octanol–water partition coefficient (Wildman–Crippen LogP) is 6.08. The number of anilines is 1. The van der Waals surface area contributed by atoms with Crippen molar-refractivity contribution in [2.75, 3.05) is 19.0 Å². The zero-order chi connectivity index (χ0) is 19.8. The Labute approximate surface area is 170 Å². The summed E-state index contributed by atoms with van der Waals surface area (Å²) in [5, 5.41) is 3.56. The van der Waals surface area contributed by atoms with Gasteiger partial charge in [0.15, 0.2) is 11.5 Å². The molecule has 0 radical (unpaired) electrons. The zero-order valence-electron chi connectivity index (χ0n) is 15.6. The molecule has 0 fully saturated rings. The van der Waals surface area contributed by atoms with Crippen molar-refractivity contribution in [1.29, 1.82) is 0 Å². The highest BCUT2D eigenvalue weighted by Crippen LogP contribution is 2.29. The van der Waals surface area contributed by atoms with Crippen LogP contribution in [-0.4, -0.2) is 19.6 Å². The SMILES string of the molecule is COc1cc(C=CC(=O)Nc2ccc(Cl)c(Cl)c2)ccc1OCCC(C)C. The van der Waals surface area contributed by atoms with Crippen molar-refractivity contribution in [2.45, 2.75) is 20.3 Å². The number of halogens is 2. The molecular formula is C21H23Cl2NO3. The van der Waals surface area contributed by atoms with E-state index in [0.29, 0.717) is 39.8 Å². The van der Waals surface area contributed by atoms with Gasteiger partial charge in [-0.15, -0.1) is 0 Å². The Balaban J connectivity index is 2.00. The number of carbonyl (C=O) groups excluding carboxylic acids is 1. The standard InChI is InChI=1S/C21H23Cl2NO3/c1-14(2)10-11-27-19-8-4-15(12-20(19)26-3)5-9-21(25)24-16-6-7-17(22)18(23)13-16/h4-9,12-14H,10-11H2,1-3H3,(H,24,25). The zero-order valence-corrected chi connectivity index (χ0v) is 17.1. The molecule has 6 heteroatoms. The molecule has 2 aromatic rings. The minimum absolute atomic E-state index is 0.274. The topological polar surface area (TPSA) is 47.6 Å². The van der Waals surface area contributed by atoms with Crippen LogP contribution in [0.25, 0.3) is 6.08 Å². The Hall–Kier alpha value is -2.17. The van der Waals surface area contributed by atoms with Crippen molar-refractivity contribution in [1.82, 2.24) is 0 Å². The molecule has 2 rings (SSSR count). The lowest BCUT2D eigenvalue weighted by molar-refractivity contribution is -0.111. The molecule has 0 spiro atoms. The van der Waals surface area contributed by atoms with E-state index >= 15 is 0 Å². The van der Waals surface area contributed by atoms with Crippen LogP contribution >= 0.6 is 23.2 Å². The summed E-state index contributed by atoms with van der Waals surface area (Å²) in [6.07, 6.45) is 4.11. The van der Waals surface area contributed by atoms with E-state index in [4.69, 9.17) is 32.7 Å². The van der Waals surface area contributed by atoms with Crippen LogP contribution in [0.15, 0.2) is 42.5 Å². The fraction of sp³-hybridized carbons (Fsp3) is 0.286. The normalized spacial score (nSPS) is 11.0. The van der Waals surface area contributed by atoms with Crippen molar-refractivity contribution in [2.24, 2.45) is 5.92 Å². The average Bonchev–Trinajstić information content (AvgIpc) is 2.63. The maximum Gasteiger partial charge on any atom is 0.248 e. The molecule has 4 nitrogen and oxygen atoms in total. The molecule has 0 aromatic heterocycles. The van der Waals surface area contributed by atoms with Crippen molar-refractivity contribution < 1.29 is 14.3 Å². The van der Waals surface area contributed by atoms with Crippen molar-refractivity contribution in [3.8, 4) is 11.5 Å². The van der Waals surface area contributed by atoms with Gasteiger partial charge in [0.2, 0.25) is 5.91 Å². The second kappa shape index (κ2) is 10.2. The Bertz CT molecular complexity index is 819. The smallest absolute Gasteiger partial charge is 0.248 e. The second-order valence-electron chi connectivity index (χ2n) is 6.39. The minimum Gasteiger partial charge on any atom is -0.493 e.